The van der Waals surface area contributed by atoms with Crippen LogP contribution in [0, 0.1) is 0 Å². The van der Waals surface area contributed by atoms with E-state index in [-0.39, 0.29) is 0 Å². The van der Waals surface area contributed by atoms with Gasteiger partial charge in [0.2, 0.25) is 5.89 Å². The predicted octanol–water partition coefficient (Wildman–Crippen LogP) is 11.0. The van der Waals surface area contributed by atoms with Gasteiger partial charge in [0.1, 0.15) is 11.1 Å². The Morgan fingerprint density at radius 3 is 1.98 bits per heavy atom. The second-order valence-corrected chi connectivity index (χ2v) is 11.6. The molecule has 0 N–H and O–H groups in total. The molecule has 5 nitrogen and oxygen atoms in total. The molecule has 0 aliphatic rings. The van der Waals surface area contributed by atoms with E-state index in [9.17, 15) is 0 Å². The van der Waals surface area contributed by atoms with Crippen LogP contribution in [0.15, 0.2) is 148 Å². The molecule has 0 radical (unpaired) electrons. The van der Waals surface area contributed by atoms with E-state index in [1.165, 1.54) is 0 Å². The first-order valence-electron chi connectivity index (χ1n) is 15.3. The number of rotatable bonds is 3. The van der Waals surface area contributed by atoms with Gasteiger partial charge >= 0.3 is 0 Å². The van der Waals surface area contributed by atoms with Crippen LogP contribution in [0.1, 0.15) is 0 Å². The van der Waals surface area contributed by atoms with Crippen molar-refractivity contribution in [2.24, 2.45) is 0 Å². The van der Waals surface area contributed by atoms with Crippen molar-refractivity contribution in [3.05, 3.63) is 140 Å². The lowest BCUT2D eigenvalue weighted by molar-refractivity contribution is 0.604. The number of furan rings is 1. The van der Waals surface area contributed by atoms with Gasteiger partial charge < -0.3 is 8.83 Å². The van der Waals surface area contributed by atoms with Crippen LogP contribution in [0.4, 0.5) is 0 Å². The number of fused-ring (bicyclic) bond motifs is 9. The molecule has 0 saturated carbocycles. The zero-order valence-electron chi connectivity index (χ0n) is 24.4. The highest BCUT2D eigenvalue weighted by molar-refractivity contribution is 6.19. The molecule has 10 aromatic rings. The summed E-state index contributed by atoms with van der Waals surface area (Å²) in [7, 11) is 0. The number of para-hydroxylation sites is 1. The van der Waals surface area contributed by atoms with E-state index in [1.54, 1.807) is 0 Å². The van der Waals surface area contributed by atoms with Gasteiger partial charge in [0.05, 0.1) is 11.2 Å². The maximum atomic E-state index is 6.51. The zero-order chi connectivity index (χ0) is 30.2. The van der Waals surface area contributed by atoms with Gasteiger partial charge in [-0.05, 0) is 70.1 Å². The van der Waals surface area contributed by atoms with E-state index in [1.807, 2.05) is 66.7 Å². The fourth-order valence-corrected chi connectivity index (χ4v) is 6.64. The van der Waals surface area contributed by atoms with Crippen LogP contribution in [-0.2, 0) is 0 Å². The minimum absolute atomic E-state index is 0.585. The highest BCUT2D eigenvalue weighted by atomic mass is 16.4. The quantitative estimate of drug-likeness (QED) is 0.192. The zero-order valence-corrected chi connectivity index (χ0v) is 24.4. The van der Waals surface area contributed by atoms with Crippen molar-refractivity contribution in [1.29, 1.82) is 0 Å². The van der Waals surface area contributed by atoms with Crippen molar-refractivity contribution in [3.63, 3.8) is 0 Å². The van der Waals surface area contributed by atoms with Crippen molar-refractivity contribution in [3.8, 4) is 34.1 Å². The molecular weight excluding hydrogens is 566 g/mol. The third-order valence-electron chi connectivity index (χ3n) is 8.88. The van der Waals surface area contributed by atoms with Gasteiger partial charge in [-0.25, -0.2) is 15.0 Å². The molecule has 5 heteroatoms. The van der Waals surface area contributed by atoms with Crippen molar-refractivity contribution in [1.82, 2.24) is 15.0 Å². The monoisotopic (exact) mass is 589 g/mol. The molecule has 214 valence electrons. The average Bonchev–Trinajstić information content (AvgIpc) is 3.72. The fraction of sp³-hybridized carbons (Fsp3) is 0. The molecule has 0 saturated heterocycles. The van der Waals surface area contributed by atoms with Crippen LogP contribution in [0.5, 0.6) is 0 Å². The summed E-state index contributed by atoms with van der Waals surface area (Å²) < 4.78 is 12.8. The molecule has 10 rings (SSSR count). The fourth-order valence-electron chi connectivity index (χ4n) is 6.64. The minimum atomic E-state index is 0.585. The molecule has 3 heterocycles. The highest BCUT2D eigenvalue weighted by Crippen LogP contribution is 2.39. The molecular formula is C41H23N3O2. The SMILES string of the molecule is c1ccc(-c2nc3ccc4c5cc6ccc7cc(-c8nc(-c9ccccc9)c9ccccc9n8)ccc7c6cc5oc4c3o2)cc1. The van der Waals surface area contributed by atoms with Crippen LogP contribution in [0.3, 0.4) is 0 Å². The largest absolute Gasteiger partial charge is 0.452 e. The Morgan fingerprint density at radius 1 is 0.391 bits per heavy atom. The van der Waals surface area contributed by atoms with Crippen LogP contribution in [0.25, 0.3) is 99.6 Å². The van der Waals surface area contributed by atoms with Crippen LogP contribution >= 0.6 is 0 Å². The van der Waals surface area contributed by atoms with Gasteiger partial charge in [-0.2, -0.15) is 0 Å². The van der Waals surface area contributed by atoms with E-state index < -0.39 is 0 Å². The third-order valence-corrected chi connectivity index (χ3v) is 8.88. The van der Waals surface area contributed by atoms with Crippen LogP contribution in [0.2, 0.25) is 0 Å². The number of hydrogen-bond acceptors (Lipinski definition) is 5. The molecule has 0 fully saturated rings. The van der Waals surface area contributed by atoms with Gasteiger partial charge in [0.25, 0.3) is 0 Å². The van der Waals surface area contributed by atoms with Crippen molar-refractivity contribution in [2.75, 3.05) is 0 Å². The molecule has 3 aromatic heterocycles. The number of benzene rings is 7. The smallest absolute Gasteiger partial charge is 0.227 e. The first kappa shape index (κ1) is 25.0. The van der Waals surface area contributed by atoms with Crippen LogP contribution < -0.4 is 0 Å². The molecule has 46 heavy (non-hydrogen) atoms. The summed E-state index contributed by atoms with van der Waals surface area (Å²) in [6.07, 6.45) is 0. The van der Waals surface area contributed by atoms with Gasteiger partial charge in [0.15, 0.2) is 17.0 Å². The predicted molar refractivity (Wildman–Crippen MR) is 186 cm³/mol. The first-order chi connectivity index (χ1) is 22.8. The lowest BCUT2D eigenvalue weighted by Gasteiger charge is -2.10. The summed E-state index contributed by atoms with van der Waals surface area (Å²) in [4.78, 5) is 14.8. The van der Waals surface area contributed by atoms with E-state index in [0.29, 0.717) is 22.9 Å². The molecule has 0 atom stereocenters. The first-order valence-corrected chi connectivity index (χ1v) is 15.3. The Kier molecular flexibility index (Phi) is 5.22. The van der Waals surface area contributed by atoms with Crippen LogP contribution in [-0.4, -0.2) is 15.0 Å². The molecule has 0 bridgehead atoms. The molecule has 0 aliphatic carbocycles. The number of hydrogen-bond donors (Lipinski definition) is 0. The van der Waals surface area contributed by atoms with Gasteiger partial charge in [-0.3, -0.25) is 0 Å². The van der Waals surface area contributed by atoms with Gasteiger partial charge in [-0.1, -0.05) is 91.0 Å². The Hall–Kier alpha value is -6.33. The second-order valence-electron chi connectivity index (χ2n) is 11.6. The molecule has 0 spiro atoms. The molecule has 0 amide bonds. The minimum Gasteiger partial charge on any atom is -0.452 e. The van der Waals surface area contributed by atoms with E-state index in [0.717, 1.165) is 76.7 Å². The molecule has 0 aliphatic heterocycles. The number of aromatic nitrogens is 3. The maximum Gasteiger partial charge on any atom is 0.227 e. The number of oxazole rings is 1. The lowest BCUT2D eigenvalue weighted by Crippen LogP contribution is -1.95. The highest BCUT2D eigenvalue weighted by Gasteiger charge is 2.18. The summed E-state index contributed by atoms with van der Waals surface area (Å²) >= 11 is 0. The second kappa shape index (κ2) is 9.58. The standard InChI is InChI=1S/C41H23N3O2/c1-3-9-24(10-4-1)37-31-13-7-8-14-34(31)42-40(44-37)28-17-18-29-26(21-28)15-16-27-22-33-30-19-20-35-39(38(30)45-36(33)23-32(27)29)46-41(43-35)25-11-5-2-6-12-25/h1-23H. The Morgan fingerprint density at radius 2 is 1.13 bits per heavy atom. The lowest BCUT2D eigenvalue weighted by atomic mass is 9.98. The summed E-state index contributed by atoms with van der Waals surface area (Å²) in [5, 5.41) is 7.63. The van der Waals surface area contributed by atoms with Crippen molar-refractivity contribution >= 4 is 65.5 Å². The number of nitrogens with zero attached hydrogens (tertiary/aromatic N) is 3. The van der Waals surface area contributed by atoms with E-state index >= 15 is 0 Å². The molecule has 7 aromatic carbocycles. The summed E-state index contributed by atoms with van der Waals surface area (Å²) in [5.41, 5.74) is 7.81. The average molecular weight is 590 g/mol. The summed E-state index contributed by atoms with van der Waals surface area (Å²) in [6.45, 7) is 0. The normalized spacial score (nSPS) is 11.9. The van der Waals surface area contributed by atoms with Crippen molar-refractivity contribution < 1.29 is 8.83 Å². The van der Waals surface area contributed by atoms with Gasteiger partial charge in [-0.15, -0.1) is 0 Å². The van der Waals surface area contributed by atoms with Crippen molar-refractivity contribution in [2.45, 2.75) is 0 Å². The maximum absolute atomic E-state index is 6.51. The van der Waals surface area contributed by atoms with E-state index in [4.69, 9.17) is 23.8 Å². The Bertz CT molecular complexity index is 2800. The third kappa shape index (κ3) is 3.79. The molecule has 0 unspecified atom stereocenters. The topological polar surface area (TPSA) is 65.0 Å². The summed E-state index contributed by atoms with van der Waals surface area (Å²) in [6, 6.07) is 47.7. The Labute approximate surface area is 262 Å². The Balaban J connectivity index is 1.13. The van der Waals surface area contributed by atoms with Gasteiger partial charge in [0, 0.05) is 32.8 Å². The summed E-state index contributed by atoms with van der Waals surface area (Å²) in [5.74, 6) is 1.29. The van der Waals surface area contributed by atoms with E-state index in [2.05, 4.69) is 72.8 Å².